The first-order valence-corrected chi connectivity index (χ1v) is 7.09. The molecule has 0 saturated heterocycles. The Kier molecular flexibility index (Phi) is 7.39. The first-order chi connectivity index (χ1) is 7.49. The van der Waals surface area contributed by atoms with Crippen LogP contribution in [0.15, 0.2) is 24.5 Å². The Morgan fingerprint density at radius 2 is 1.56 bits per heavy atom. The summed E-state index contributed by atoms with van der Waals surface area (Å²) >= 11 is 0. The molecule has 0 radical (unpaired) electrons. The molecule has 0 fully saturated rings. The summed E-state index contributed by atoms with van der Waals surface area (Å²) in [4.78, 5) is 0. The summed E-state index contributed by atoms with van der Waals surface area (Å²) in [5, 5.41) is 0. The second kappa shape index (κ2) is 7.66. The minimum atomic E-state index is -3.09. The molecule has 0 N–H and O–H groups in total. The first-order valence-electron chi connectivity index (χ1n) is 5.37. The highest BCUT2D eigenvalue weighted by Crippen LogP contribution is 2.49. The van der Waals surface area contributed by atoms with Crippen LogP contribution in [0.3, 0.4) is 0 Å². The molecule has 0 spiro atoms. The predicted octanol–water partition coefficient (Wildman–Crippen LogP) is 3.36. The second-order valence-electron chi connectivity index (χ2n) is 3.06. The van der Waals surface area contributed by atoms with Crippen LogP contribution in [0.5, 0.6) is 0 Å². The molecule has 0 unspecified atom stereocenters. The van der Waals surface area contributed by atoms with Crippen molar-refractivity contribution in [3.05, 3.63) is 24.5 Å². The van der Waals surface area contributed by atoms with E-state index in [0.29, 0.717) is 31.2 Å². The lowest BCUT2D eigenvalue weighted by Crippen LogP contribution is -2.04. The molecule has 0 saturated carbocycles. The van der Waals surface area contributed by atoms with Gasteiger partial charge in [0, 0.05) is 0 Å². The van der Waals surface area contributed by atoms with Crippen molar-refractivity contribution in [2.45, 2.75) is 20.8 Å². The minimum Gasteiger partial charge on any atom is -0.494 e. The van der Waals surface area contributed by atoms with Crippen molar-refractivity contribution in [3.63, 3.8) is 0 Å². The zero-order valence-corrected chi connectivity index (χ0v) is 11.2. The van der Waals surface area contributed by atoms with Crippen LogP contribution in [0.25, 0.3) is 0 Å². The van der Waals surface area contributed by atoms with E-state index in [1.165, 1.54) is 0 Å². The van der Waals surface area contributed by atoms with E-state index < -0.39 is 7.60 Å². The summed E-state index contributed by atoms with van der Waals surface area (Å²) in [6, 6.07) is 0. The summed E-state index contributed by atoms with van der Waals surface area (Å²) in [6.07, 6.45) is 0.119. The lowest BCUT2D eigenvalue weighted by atomic mass is 10.3. The smallest absolute Gasteiger partial charge is 0.335 e. The lowest BCUT2D eigenvalue weighted by molar-refractivity contribution is 0.218. The van der Waals surface area contributed by atoms with Crippen molar-refractivity contribution < 1.29 is 18.3 Å². The molecule has 0 aliphatic carbocycles. The predicted molar refractivity (Wildman–Crippen MR) is 65.6 cm³/mol. The van der Waals surface area contributed by atoms with Gasteiger partial charge in [0.15, 0.2) is 0 Å². The fourth-order valence-electron chi connectivity index (χ4n) is 1.12. The van der Waals surface area contributed by atoms with Gasteiger partial charge < -0.3 is 13.8 Å². The maximum atomic E-state index is 12.1. The van der Waals surface area contributed by atoms with Gasteiger partial charge >= 0.3 is 7.60 Å². The minimum absolute atomic E-state index is 0.119. The highest BCUT2D eigenvalue weighted by atomic mass is 31.2. The molecule has 0 aliphatic rings. The zero-order chi connectivity index (χ0) is 12.6. The monoisotopic (exact) mass is 248 g/mol. The third-order valence-corrected chi connectivity index (χ3v) is 3.82. The fourth-order valence-corrected chi connectivity index (χ4v) is 2.81. The molecule has 0 aromatic rings. The Balaban J connectivity index is 4.45. The Hall–Kier alpha value is -0.570. The summed E-state index contributed by atoms with van der Waals surface area (Å²) in [5.74, 6) is 0.433. The Bertz CT molecular complexity index is 276. The van der Waals surface area contributed by atoms with Gasteiger partial charge in [-0.2, -0.15) is 0 Å². The van der Waals surface area contributed by atoms with Crippen molar-refractivity contribution in [1.29, 1.82) is 0 Å². The highest BCUT2D eigenvalue weighted by Gasteiger charge is 2.25. The average molecular weight is 248 g/mol. The van der Waals surface area contributed by atoms with Gasteiger partial charge in [-0.1, -0.05) is 13.2 Å². The van der Waals surface area contributed by atoms with Crippen molar-refractivity contribution >= 4 is 7.60 Å². The van der Waals surface area contributed by atoms with E-state index >= 15 is 0 Å². The van der Waals surface area contributed by atoms with Crippen molar-refractivity contribution in [2.24, 2.45) is 0 Å². The van der Waals surface area contributed by atoms with Crippen LogP contribution in [0.4, 0.5) is 0 Å². The van der Waals surface area contributed by atoms with Crippen LogP contribution in [0.2, 0.25) is 0 Å². The van der Waals surface area contributed by atoms with Gasteiger partial charge in [-0.15, -0.1) is 0 Å². The van der Waals surface area contributed by atoms with E-state index in [-0.39, 0.29) is 6.16 Å². The highest BCUT2D eigenvalue weighted by molar-refractivity contribution is 7.54. The standard InChI is InChI=1S/C11H21O4P/c1-6-13-11(5)10(4)9-16(12,14-7-2)15-8-3/h4-9H2,1-3H3. The van der Waals surface area contributed by atoms with E-state index in [4.69, 9.17) is 13.8 Å². The van der Waals surface area contributed by atoms with E-state index in [2.05, 4.69) is 13.2 Å². The van der Waals surface area contributed by atoms with Crippen molar-refractivity contribution in [2.75, 3.05) is 26.0 Å². The van der Waals surface area contributed by atoms with Crippen LogP contribution in [-0.4, -0.2) is 26.0 Å². The molecule has 94 valence electrons. The van der Waals surface area contributed by atoms with Crippen molar-refractivity contribution in [3.8, 4) is 0 Å². The Labute approximate surface area is 97.8 Å². The van der Waals surface area contributed by atoms with Crippen LogP contribution < -0.4 is 0 Å². The summed E-state index contributed by atoms with van der Waals surface area (Å²) < 4.78 is 27.6. The molecule has 0 heterocycles. The van der Waals surface area contributed by atoms with E-state index in [0.717, 1.165) is 0 Å². The Morgan fingerprint density at radius 3 is 1.94 bits per heavy atom. The normalized spacial score (nSPS) is 11.2. The van der Waals surface area contributed by atoms with Crippen molar-refractivity contribution in [1.82, 2.24) is 0 Å². The first kappa shape index (κ1) is 15.4. The maximum absolute atomic E-state index is 12.1. The van der Waals surface area contributed by atoms with Gasteiger partial charge in [0.05, 0.1) is 26.0 Å². The fraction of sp³-hybridized carbons (Fsp3) is 0.636. The third-order valence-electron chi connectivity index (χ3n) is 1.75. The number of ether oxygens (including phenoxy) is 1. The molecule has 0 aromatic heterocycles. The molecular weight excluding hydrogens is 227 g/mol. The molecule has 0 aromatic carbocycles. The number of rotatable bonds is 9. The number of allylic oxidation sites excluding steroid dienone is 1. The van der Waals surface area contributed by atoms with Crippen LogP contribution in [-0.2, 0) is 18.3 Å². The molecule has 0 amide bonds. The van der Waals surface area contributed by atoms with Gasteiger partial charge in [-0.3, -0.25) is 4.57 Å². The zero-order valence-electron chi connectivity index (χ0n) is 10.3. The number of hydrogen-bond donors (Lipinski definition) is 0. The van der Waals surface area contributed by atoms with Crippen LogP contribution >= 0.6 is 7.60 Å². The quantitative estimate of drug-likeness (QED) is 0.356. The average Bonchev–Trinajstić information content (AvgIpc) is 2.18. The van der Waals surface area contributed by atoms with Gasteiger partial charge in [-0.25, -0.2) is 0 Å². The van der Waals surface area contributed by atoms with E-state index in [9.17, 15) is 4.57 Å². The second-order valence-corrected chi connectivity index (χ2v) is 5.12. The topological polar surface area (TPSA) is 44.8 Å². The summed E-state index contributed by atoms with van der Waals surface area (Å²) in [5.41, 5.74) is 0.548. The van der Waals surface area contributed by atoms with E-state index in [1.807, 2.05) is 6.92 Å². The van der Waals surface area contributed by atoms with Gasteiger partial charge in [0.2, 0.25) is 0 Å². The number of hydrogen-bond acceptors (Lipinski definition) is 4. The summed E-state index contributed by atoms with van der Waals surface area (Å²) in [7, 11) is -3.09. The van der Waals surface area contributed by atoms with E-state index in [1.54, 1.807) is 13.8 Å². The molecule has 4 nitrogen and oxygen atoms in total. The SMILES string of the molecule is C=C(CP(=O)(OCC)OCC)C(=C)OCC. The largest absolute Gasteiger partial charge is 0.494 e. The van der Waals surface area contributed by atoms with Gasteiger partial charge in [0.1, 0.15) is 5.76 Å². The van der Waals surface area contributed by atoms with Gasteiger partial charge in [0.25, 0.3) is 0 Å². The Morgan fingerprint density at radius 1 is 1.06 bits per heavy atom. The van der Waals surface area contributed by atoms with Crippen LogP contribution in [0.1, 0.15) is 20.8 Å². The van der Waals surface area contributed by atoms with Gasteiger partial charge in [-0.05, 0) is 26.3 Å². The molecule has 0 rings (SSSR count). The molecule has 16 heavy (non-hydrogen) atoms. The maximum Gasteiger partial charge on any atom is 0.335 e. The summed E-state index contributed by atoms with van der Waals surface area (Å²) in [6.45, 7) is 14.0. The molecule has 0 aliphatic heterocycles. The molecule has 5 heteroatoms. The third kappa shape index (κ3) is 5.50. The molecular formula is C11H21O4P. The molecule has 0 atom stereocenters. The molecule has 0 bridgehead atoms. The lowest BCUT2D eigenvalue weighted by Gasteiger charge is -2.18. The van der Waals surface area contributed by atoms with Crippen LogP contribution in [0, 0.1) is 0 Å².